The Kier molecular flexibility index (Phi) is 4.98. The maximum absolute atomic E-state index is 13.4. The summed E-state index contributed by atoms with van der Waals surface area (Å²) in [7, 11) is 0. The minimum absolute atomic E-state index is 0.229. The van der Waals surface area contributed by atoms with Crippen molar-refractivity contribution in [3.05, 3.63) is 77.1 Å². The van der Waals surface area contributed by atoms with Gasteiger partial charge in [-0.3, -0.25) is 4.79 Å². The Bertz CT molecular complexity index is 1070. The molecular weight excluding hydrogens is 390 g/mol. The molecule has 1 atom stereocenters. The molecule has 2 aromatic carbocycles. The summed E-state index contributed by atoms with van der Waals surface area (Å²) in [5, 5.41) is 4.52. The summed E-state index contributed by atoms with van der Waals surface area (Å²) in [6.45, 7) is 2.54. The van der Waals surface area contributed by atoms with E-state index in [0.29, 0.717) is 23.7 Å². The van der Waals surface area contributed by atoms with Crippen LogP contribution >= 0.6 is 11.6 Å². The number of halogens is 1. The molecule has 0 fully saturated rings. The van der Waals surface area contributed by atoms with Crippen molar-refractivity contribution >= 4 is 29.2 Å². The van der Waals surface area contributed by atoms with Gasteiger partial charge in [0, 0.05) is 37.2 Å². The van der Waals surface area contributed by atoms with E-state index in [1.165, 1.54) is 0 Å². The van der Waals surface area contributed by atoms with Crippen molar-refractivity contribution in [2.45, 2.75) is 19.5 Å². The lowest BCUT2D eigenvalue weighted by atomic mass is 10.1. The number of primary amides is 1. The molecule has 3 aromatic rings. The van der Waals surface area contributed by atoms with E-state index in [2.05, 4.69) is 5.10 Å². The molecule has 0 radical (unpaired) electrons. The largest absolute Gasteiger partial charge is 0.351 e. The van der Waals surface area contributed by atoms with Crippen molar-refractivity contribution in [3.63, 3.8) is 0 Å². The predicted octanol–water partition coefficient (Wildman–Crippen LogP) is 3.46. The second kappa shape index (κ2) is 7.60. The van der Waals surface area contributed by atoms with Crippen LogP contribution in [0.15, 0.2) is 60.9 Å². The van der Waals surface area contributed by atoms with Gasteiger partial charge in [-0.2, -0.15) is 5.10 Å². The molecule has 0 aliphatic carbocycles. The van der Waals surface area contributed by atoms with Crippen LogP contribution in [0.3, 0.4) is 0 Å². The summed E-state index contributed by atoms with van der Waals surface area (Å²) in [6, 6.07) is 13.8. The molecule has 0 saturated carbocycles. The Morgan fingerprint density at radius 1 is 1.17 bits per heavy atom. The first kappa shape index (κ1) is 19.0. The first-order valence-corrected chi connectivity index (χ1v) is 9.59. The summed E-state index contributed by atoms with van der Waals surface area (Å²) in [6.07, 6.45) is 3.48. The van der Waals surface area contributed by atoms with E-state index in [-0.39, 0.29) is 11.9 Å². The number of para-hydroxylation sites is 1. The highest BCUT2D eigenvalue weighted by atomic mass is 35.5. The van der Waals surface area contributed by atoms with Gasteiger partial charge in [0.15, 0.2) is 0 Å². The highest BCUT2D eigenvalue weighted by molar-refractivity contribution is 6.34. The predicted molar refractivity (Wildman–Crippen MR) is 111 cm³/mol. The van der Waals surface area contributed by atoms with Gasteiger partial charge in [-0.15, -0.1) is 0 Å². The number of fused-ring (bicyclic) bond motifs is 1. The monoisotopic (exact) mass is 409 g/mol. The van der Waals surface area contributed by atoms with E-state index in [4.69, 9.17) is 17.3 Å². The maximum Gasteiger partial charge on any atom is 0.315 e. The topological polar surface area (TPSA) is 84.5 Å². The first-order valence-electron chi connectivity index (χ1n) is 9.21. The quantitative estimate of drug-likeness (QED) is 0.703. The van der Waals surface area contributed by atoms with Gasteiger partial charge in [-0.1, -0.05) is 29.8 Å². The summed E-state index contributed by atoms with van der Waals surface area (Å²) >= 11 is 6.47. The SMILES string of the molecule is C[C@@H]1CN(C(=O)c2ccc(-n3cccn3)cc2Cl)c2ccccc2CN1C(N)=O. The van der Waals surface area contributed by atoms with Gasteiger partial charge < -0.3 is 15.5 Å². The van der Waals surface area contributed by atoms with Crippen molar-refractivity contribution in [2.24, 2.45) is 5.73 Å². The zero-order valence-corrected chi connectivity index (χ0v) is 16.6. The van der Waals surface area contributed by atoms with Crippen molar-refractivity contribution in [3.8, 4) is 5.69 Å². The average molecular weight is 410 g/mol. The van der Waals surface area contributed by atoms with Crippen LogP contribution in [0.4, 0.5) is 10.5 Å². The molecule has 8 heteroatoms. The Hall–Kier alpha value is -3.32. The lowest BCUT2D eigenvalue weighted by Gasteiger charge is -2.28. The number of carbonyl (C=O) groups excluding carboxylic acids is 2. The van der Waals surface area contributed by atoms with Crippen LogP contribution in [-0.4, -0.2) is 39.2 Å². The number of aromatic nitrogens is 2. The number of benzene rings is 2. The van der Waals surface area contributed by atoms with Crippen LogP contribution in [0.1, 0.15) is 22.8 Å². The molecule has 1 aromatic heterocycles. The van der Waals surface area contributed by atoms with Gasteiger partial charge in [-0.25, -0.2) is 9.48 Å². The smallest absolute Gasteiger partial charge is 0.315 e. The molecule has 148 valence electrons. The molecule has 2 N–H and O–H groups in total. The fraction of sp³-hybridized carbons (Fsp3) is 0.190. The lowest BCUT2D eigenvalue weighted by Crippen LogP contribution is -2.46. The molecule has 0 spiro atoms. The van der Waals surface area contributed by atoms with Crippen LogP contribution < -0.4 is 10.6 Å². The summed E-state index contributed by atoms with van der Waals surface area (Å²) in [4.78, 5) is 28.6. The van der Waals surface area contributed by atoms with Gasteiger partial charge in [0.05, 0.1) is 16.3 Å². The summed E-state index contributed by atoms with van der Waals surface area (Å²) in [5.74, 6) is -0.229. The number of carbonyl (C=O) groups is 2. The number of anilines is 1. The number of nitrogens with zero attached hydrogens (tertiary/aromatic N) is 4. The second-order valence-electron chi connectivity index (χ2n) is 6.97. The van der Waals surface area contributed by atoms with Gasteiger partial charge in [0.2, 0.25) is 0 Å². The van der Waals surface area contributed by atoms with Crippen LogP contribution in [-0.2, 0) is 6.54 Å². The Labute approximate surface area is 173 Å². The van der Waals surface area contributed by atoms with Crippen LogP contribution in [0, 0.1) is 0 Å². The van der Waals surface area contributed by atoms with E-state index < -0.39 is 6.03 Å². The third-order valence-electron chi connectivity index (χ3n) is 5.08. The fourth-order valence-corrected chi connectivity index (χ4v) is 3.84. The van der Waals surface area contributed by atoms with Crippen molar-refractivity contribution in [1.82, 2.24) is 14.7 Å². The molecular formula is C21H20ClN5O2. The fourth-order valence-electron chi connectivity index (χ4n) is 3.58. The minimum atomic E-state index is -0.511. The van der Waals surface area contributed by atoms with Gasteiger partial charge in [-0.05, 0) is 42.8 Å². The van der Waals surface area contributed by atoms with Gasteiger partial charge in [0.1, 0.15) is 0 Å². The number of nitrogens with two attached hydrogens (primary N) is 1. The van der Waals surface area contributed by atoms with Gasteiger partial charge >= 0.3 is 6.03 Å². The Morgan fingerprint density at radius 3 is 2.66 bits per heavy atom. The number of hydrogen-bond donors (Lipinski definition) is 1. The maximum atomic E-state index is 13.4. The highest BCUT2D eigenvalue weighted by Crippen LogP contribution is 2.30. The number of amides is 3. The number of urea groups is 1. The second-order valence-corrected chi connectivity index (χ2v) is 7.38. The van der Waals surface area contributed by atoms with E-state index in [1.54, 1.807) is 45.1 Å². The zero-order valence-electron chi connectivity index (χ0n) is 15.8. The van der Waals surface area contributed by atoms with Crippen molar-refractivity contribution in [2.75, 3.05) is 11.4 Å². The summed E-state index contributed by atoms with van der Waals surface area (Å²) in [5.41, 5.74) is 8.31. The van der Waals surface area contributed by atoms with E-state index in [9.17, 15) is 9.59 Å². The molecule has 1 aliphatic rings. The molecule has 7 nitrogen and oxygen atoms in total. The van der Waals surface area contributed by atoms with Crippen LogP contribution in [0.5, 0.6) is 0 Å². The van der Waals surface area contributed by atoms with Gasteiger partial charge in [0.25, 0.3) is 5.91 Å². The first-order chi connectivity index (χ1) is 14.0. The molecule has 0 saturated heterocycles. The van der Waals surface area contributed by atoms with E-state index >= 15 is 0 Å². The molecule has 1 aliphatic heterocycles. The standard InChI is InChI=1S/C21H20ClN5O2/c1-14-12-26(19-6-3-2-5-15(19)13-25(14)21(23)29)20(28)17-8-7-16(11-18(17)22)27-10-4-9-24-27/h2-11,14H,12-13H2,1H3,(H2,23,29)/t14-/m1/s1. The van der Waals surface area contributed by atoms with Crippen molar-refractivity contribution < 1.29 is 9.59 Å². The lowest BCUT2D eigenvalue weighted by molar-refractivity contribution is 0.0980. The van der Waals surface area contributed by atoms with Crippen LogP contribution in [0.2, 0.25) is 5.02 Å². The molecule has 4 rings (SSSR count). The average Bonchev–Trinajstić information content (AvgIpc) is 3.19. The number of hydrogen-bond acceptors (Lipinski definition) is 3. The zero-order chi connectivity index (χ0) is 20.5. The number of rotatable bonds is 2. The van der Waals surface area contributed by atoms with E-state index in [0.717, 1.165) is 16.9 Å². The Balaban J connectivity index is 1.72. The minimum Gasteiger partial charge on any atom is -0.351 e. The molecule has 0 bridgehead atoms. The van der Waals surface area contributed by atoms with Crippen LogP contribution in [0.25, 0.3) is 5.69 Å². The molecule has 2 heterocycles. The van der Waals surface area contributed by atoms with E-state index in [1.807, 2.05) is 37.3 Å². The summed E-state index contributed by atoms with van der Waals surface area (Å²) < 4.78 is 1.67. The normalized spacial score (nSPS) is 16.3. The third-order valence-corrected chi connectivity index (χ3v) is 5.39. The highest BCUT2D eigenvalue weighted by Gasteiger charge is 2.31. The molecule has 0 unspecified atom stereocenters. The third kappa shape index (κ3) is 3.56. The Morgan fingerprint density at radius 2 is 1.97 bits per heavy atom. The molecule has 29 heavy (non-hydrogen) atoms. The van der Waals surface area contributed by atoms with Crippen molar-refractivity contribution in [1.29, 1.82) is 0 Å². The molecule has 3 amide bonds.